The molecule has 3 rings (SSSR count). The predicted octanol–water partition coefficient (Wildman–Crippen LogP) is 3.10. The molecule has 1 heterocycles. The van der Waals surface area contributed by atoms with Crippen molar-refractivity contribution in [2.75, 3.05) is 20.2 Å². The van der Waals surface area contributed by atoms with Crippen LogP contribution in [0.25, 0.3) is 11.0 Å². The van der Waals surface area contributed by atoms with E-state index in [1.165, 1.54) is 6.07 Å². The molecule has 0 N–H and O–H groups in total. The molecule has 6 heteroatoms. The minimum atomic E-state index is -0.400. The van der Waals surface area contributed by atoms with Crippen molar-refractivity contribution < 1.29 is 13.9 Å². The van der Waals surface area contributed by atoms with Crippen molar-refractivity contribution in [3.63, 3.8) is 0 Å². The van der Waals surface area contributed by atoms with E-state index in [0.29, 0.717) is 19.5 Å². The third-order valence-electron chi connectivity index (χ3n) is 4.04. The van der Waals surface area contributed by atoms with E-state index in [0.717, 1.165) is 11.0 Å². The van der Waals surface area contributed by atoms with Gasteiger partial charge in [-0.05, 0) is 24.3 Å². The molecule has 0 bridgehead atoms. The van der Waals surface area contributed by atoms with Gasteiger partial charge in [-0.1, -0.05) is 24.3 Å². The number of hydrogen-bond acceptors (Lipinski definition) is 3. The average molecular weight is 341 g/mol. The van der Waals surface area contributed by atoms with E-state index in [-0.39, 0.29) is 18.3 Å². The van der Waals surface area contributed by atoms with Gasteiger partial charge in [-0.25, -0.2) is 9.37 Å². The molecule has 3 aromatic rings. The molecular weight excluding hydrogens is 321 g/mol. The van der Waals surface area contributed by atoms with Crippen LogP contribution >= 0.6 is 0 Å². The number of para-hydroxylation sites is 3. The molecule has 130 valence electrons. The van der Waals surface area contributed by atoms with Gasteiger partial charge in [0.05, 0.1) is 23.9 Å². The van der Waals surface area contributed by atoms with Gasteiger partial charge in [0.15, 0.2) is 11.6 Å². The highest BCUT2D eigenvalue weighted by Gasteiger charge is 2.11. The van der Waals surface area contributed by atoms with E-state index in [9.17, 15) is 9.18 Å². The van der Waals surface area contributed by atoms with Crippen molar-refractivity contribution in [3.8, 4) is 5.75 Å². The summed E-state index contributed by atoms with van der Waals surface area (Å²) in [4.78, 5) is 18.2. The molecule has 0 radical (unpaired) electrons. The molecule has 0 spiro atoms. The second-order valence-electron chi connectivity index (χ2n) is 5.77. The number of rotatable bonds is 7. The third kappa shape index (κ3) is 4.15. The number of benzene rings is 2. The average Bonchev–Trinajstić information content (AvgIpc) is 3.04. The first-order valence-electron chi connectivity index (χ1n) is 8.16. The van der Waals surface area contributed by atoms with Crippen LogP contribution in [0.3, 0.4) is 0 Å². The van der Waals surface area contributed by atoms with Crippen LogP contribution in [-0.4, -0.2) is 40.6 Å². The standard InChI is InChI=1S/C19H20FN3O2/c1-22(12-13-25-18-9-5-2-6-15(18)20)19(24)10-11-23-14-21-16-7-3-4-8-17(16)23/h2-9,14H,10-13H2,1H3. The lowest BCUT2D eigenvalue weighted by Crippen LogP contribution is -2.31. The van der Waals surface area contributed by atoms with Gasteiger partial charge in [0.2, 0.25) is 5.91 Å². The van der Waals surface area contributed by atoms with Crippen LogP contribution in [0.1, 0.15) is 6.42 Å². The van der Waals surface area contributed by atoms with E-state index < -0.39 is 5.82 Å². The van der Waals surface area contributed by atoms with Crippen LogP contribution in [0, 0.1) is 5.82 Å². The zero-order valence-electron chi connectivity index (χ0n) is 14.1. The smallest absolute Gasteiger partial charge is 0.224 e. The molecule has 0 saturated heterocycles. The second-order valence-corrected chi connectivity index (χ2v) is 5.77. The maximum atomic E-state index is 13.5. The number of ether oxygens (including phenoxy) is 1. The summed E-state index contributed by atoms with van der Waals surface area (Å²) in [5.41, 5.74) is 1.93. The Morgan fingerprint density at radius 3 is 2.80 bits per heavy atom. The lowest BCUT2D eigenvalue weighted by Gasteiger charge is -2.18. The second kappa shape index (κ2) is 7.79. The fourth-order valence-electron chi connectivity index (χ4n) is 2.57. The number of fused-ring (bicyclic) bond motifs is 1. The van der Waals surface area contributed by atoms with E-state index in [1.807, 2.05) is 28.8 Å². The number of halogens is 1. The molecule has 25 heavy (non-hydrogen) atoms. The summed E-state index contributed by atoms with van der Waals surface area (Å²) >= 11 is 0. The molecular formula is C19H20FN3O2. The van der Waals surface area contributed by atoms with Crippen LogP contribution in [-0.2, 0) is 11.3 Å². The lowest BCUT2D eigenvalue weighted by molar-refractivity contribution is -0.130. The van der Waals surface area contributed by atoms with Gasteiger partial charge in [0.25, 0.3) is 0 Å². The number of carbonyl (C=O) groups excluding carboxylic acids is 1. The first kappa shape index (κ1) is 17.0. The first-order chi connectivity index (χ1) is 12.1. The van der Waals surface area contributed by atoms with Crippen LogP contribution in [0.5, 0.6) is 5.75 Å². The van der Waals surface area contributed by atoms with Crippen LogP contribution in [0.4, 0.5) is 4.39 Å². The first-order valence-corrected chi connectivity index (χ1v) is 8.16. The molecule has 0 aliphatic heterocycles. The molecule has 0 fully saturated rings. The minimum absolute atomic E-state index is 0.00918. The number of amides is 1. The normalized spacial score (nSPS) is 10.8. The molecule has 0 atom stereocenters. The fraction of sp³-hybridized carbons (Fsp3) is 0.263. The Morgan fingerprint density at radius 1 is 1.20 bits per heavy atom. The zero-order chi connectivity index (χ0) is 17.6. The van der Waals surface area contributed by atoms with Gasteiger partial charge >= 0.3 is 0 Å². The molecule has 0 aliphatic rings. The maximum absolute atomic E-state index is 13.5. The summed E-state index contributed by atoms with van der Waals surface area (Å²) in [7, 11) is 1.72. The van der Waals surface area contributed by atoms with E-state index in [1.54, 1.807) is 36.5 Å². The van der Waals surface area contributed by atoms with Crippen molar-refractivity contribution >= 4 is 16.9 Å². The van der Waals surface area contributed by atoms with Gasteiger partial charge in [0.1, 0.15) is 6.61 Å². The Labute approximate surface area is 145 Å². The molecule has 1 aromatic heterocycles. The Morgan fingerprint density at radius 2 is 1.96 bits per heavy atom. The summed E-state index contributed by atoms with van der Waals surface area (Å²) in [6.07, 6.45) is 2.12. The van der Waals surface area contributed by atoms with E-state index in [2.05, 4.69) is 4.98 Å². The topological polar surface area (TPSA) is 47.4 Å². The number of carbonyl (C=O) groups is 1. The number of nitrogens with zero attached hydrogens (tertiary/aromatic N) is 3. The van der Waals surface area contributed by atoms with Crippen LogP contribution < -0.4 is 4.74 Å². The molecule has 0 unspecified atom stereocenters. The van der Waals surface area contributed by atoms with E-state index in [4.69, 9.17) is 4.74 Å². The molecule has 1 amide bonds. The highest BCUT2D eigenvalue weighted by molar-refractivity contribution is 5.77. The summed E-state index contributed by atoms with van der Waals surface area (Å²) in [6.45, 7) is 1.22. The largest absolute Gasteiger partial charge is 0.489 e. The van der Waals surface area contributed by atoms with Gasteiger partial charge in [-0.3, -0.25) is 4.79 Å². The monoisotopic (exact) mass is 341 g/mol. The third-order valence-corrected chi connectivity index (χ3v) is 4.04. The fourth-order valence-corrected chi connectivity index (χ4v) is 2.57. The highest BCUT2D eigenvalue weighted by atomic mass is 19.1. The van der Waals surface area contributed by atoms with Gasteiger partial charge in [0, 0.05) is 20.0 Å². The molecule has 2 aromatic carbocycles. The maximum Gasteiger partial charge on any atom is 0.224 e. The van der Waals surface area contributed by atoms with Crippen molar-refractivity contribution in [2.24, 2.45) is 0 Å². The summed E-state index contributed by atoms with van der Waals surface area (Å²) < 4.78 is 20.8. The zero-order valence-corrected chi connectivity index (χ0v) is 14.1. The highest BCUT2D eigenvalue weighted by Crippen LogP contribution is 2.15. The van der Waals surface area contributed by atoms with Crippen LogP contribution in [0.15, 0.2) is 54.9 Å². The predicted molar refractivity (Wildman–Crippen MR) is 93.9 cm³/mol. The quantitative estimate of drug-likeness (QED) is 0.663. The summed E-state index contributed by atoms with van der Waals surface area (Å²) in [5, 5.41) is 0. The summed E-state index contributed by atoms with van der Waals surface area (Å²) in [6, 6.07) is 14.1. The Bertz CT molecular complexity index is 863. The van der Waals surface area contributed by atoms with Crippen molar-refractivity contribution in [3.05, 3.63) is 60.7 Å². The molecule has 5 nitrogen and oxygen atoms in total. The van der Waals surface area contributed by atoms with Gasteiger partial charge in [-0.15, -0.1) is 0 Å². The van der Waals surface area contributed by atoms with E-state index >= 15 is 0 Å². The number of imidazole rings is 1. The minimum Gasteiger partial charge on any atom is -0.489 e. The lowest BCUT2D eigenvalue weighted by atomic mass is 10.3. The van der Waals surface area contributed by atoms with Crippen molar-refractivity contribution in [1.29, 1.82) is 0 Å². The van der Waals surface area contributed by atoms with Crippen LogP contribution in [0.2, 0.25) is 0 Å². The Kier molecular flexibility index (Phi) is 5.28. The summed E-state index contributed by atoms with van der Waals surface area (Å²) in [5.74, 6) is -0.188. The Balaban J connectivity index is 1.47. The van der Waals surface area contributed by atoms with Crippen molar-refractivity contribution in [1.82, 2.24) is 14.5 Å². The SMILES string of the molecule is CN(CCOc1ccccc1F)C(=O)CCn1cnc2ccccc21. The number of aromatic nitrogens is 2. The molecule has 0 saturated carbocycles. The van der Waals surface area contributed by atoms with Gasteiger partial charge in [-0.2, -0.15) is 0 Å². The number of hydrogen-bond donors (Lipinski definition) is 0. The van der Waals surface area contributed by atoms with Gasteiger partial charge < -0.3 is 14.2 Å². The van der Waals surface area contributed by atoms with Crippen molar-refractivity contribution in [2.45, 2.75) is 13.0 Å². The molecule has 0 aliphatic carbocycles. The Hall–Kier alpha value is -2.89. The number of aryl methyl sites for hydroxylation is 1. The number of likely N-dealkylation sites (N-methyl/N-ethyl adjacent to an activating group) is 1.